The molecule has 0 aliphatic heterocycles. The molecule has 4 nitrogen and oxygen atoms in total. The fourth-order valence-corrected chi connectivity index (χ4v) is 6.18. The molecule has 262 valence electrons. The molecule has 1 amide bonds. The molecule has 0 bridgehead atoms. The number of carbonyl (C=O) groups excluding carboxylic acids is 1. The Morgan fingerprint density at radius 1 is 0.523 bits per heavy atom. The molecule has 0 saturated heterocycles. The Hall–Kier alpha value is -0.870. The number of hydrogen-bond donors (Lipinski definition) is 3. The van der Waals surface area contributed by atoms with Crippen LogP contribution in [-0.2, 0) is 4.79 Å². The van der Waals surface area contributed by atoms with Crippen LogP contribution < -0.4 is 5.32 Å². The predicted molar refractivity (Wildman–Crippen MR) is 193 cm³/mol. The standard InChI is InChI=1S/C40H79NO3/c1-3-5-7-9-11-13-14-15-16-17-18-19-20-21-22-23-24-25-26-28-30-32-34-36-40(44)41-38(37-42)39(43)35-33-31-29-27-12-10-8-6-4-2/h15-16,38-39,42-43H,3-14,17-37H2,1-2H3,(H,41,44)/b16-15+/t38-,39+/m0/s1. The normalized spacial score (nSPS) is 13.1. The topological polar surface area (TPSA) is 69.6 Å². The molecule has 0 aromatic heterocycles. The molecule has 0 aliphatic carbocycles. The quantitative estimate of drug-likeness (QED) is 0.0481. The van der Waals surface area contributed by atoms with Crippen LogP contribution in [0.2, 0.25) is 0 Å². The molecular formula is C40H79NO3. The SMILES string of the molecule is CCCCCCCC/C=C/CCCCCCCCCCCCCCCC(=O)N[C@@H](CO)[C@H](O)CCCCCCCCCCC. The van der Waals surface area contributed by atoms with Crippen molar-refractivity contribution in [1.29, 1.82) is 0 Å². The molecule has 0 fully saturated rings. The van der Waals surface area contributed by atoms with Gasteiger partial charge in [0.15, 0.2) is 0 Å². The molecule has 0 aromatic carbocycles. The fourth-order valence-electron chi connectivity index (χ4n) is 6.18. The number of unbranched alkanes of at least 4 members (excludes halogenated alkanes) is 27. The molecular weight excluding hydrogens is 542 g/mol. The maximum atomic E-state index is 12.3. The Balaban J connectivity index is 3.45. The molecule has 2 atom stereocenters. The lowest BCUT2D eigenvalue weighted by atomic mass is 10.0. The van der Waals surface area contributed by atoms with Crippen LogP contribution in [0.15, 0.2) is 12.2 Å². The van der Waals surface area contributed by atoms with Crippen molar-refractivity contribution >= 4 is 5.91 Å². The lowest BCUT2D eigenvalue weighted by molar-refractivity contribution is -0.123. The van der Waals surface area contributed by atoms with Crippen LogP contribution in [0.3, 0.4) is 0 Å². The molecule has 0 unspecified atom stereocenters. The van der Waals surface area contributed by atoms with Gasteiger partial charge in [0.1, 0.15) is 0 Å². The summed E-state index contributed by atoms with van der Waals surface area (Å²) in [5, 5.41) is 23.0. The lowest BCUT2D eigenvalue weighted by Crippen LogP contribution is -2.45. The van der Waals surface area contributed by atoms with Gasteiger partial charge in [-0.15, -0.1) is 0 Å². The zero-order chi connectivity index (χ0) is 32.2. The Kier molecular flexibility index (Phi) is 35.9. The summed E-state index contributed by atoms with van der Waals surface area (Å²) in [6, 6.07) is -0.529. The van der Waals surface area contributed by atoms with Gasteiger partial charge in [0.05, 0.1) is 18.8 Å². The van der Waals surface area contributed by atoms with Gasteiger partial charge in [0.25, 0.3) is 0 Å². The van der Waals surface area contributed by atoms with E-state index in [1.165, 1.54) is 167 Å². The first-order chi connectivity index (χ1) is 21.7. The molecule has 0 rings (SSSR count). The second kappa shape index (κ2) is 36.6. The summed E-state index contributed by atoms with van der Waals surface area (Å²) < 4.78 is 0. The van der Waals surface area contributed by atoms with Gasteiger partial charge in [-0.2, -0.15) is 0 Å². The zero-order valence-electron chi connectivity index (χ0n) is 29.9. The third kappa shape index (κ3) is 32.5. The number of carbonyl (C=O) groups is 1. The van der Waals surface area contributed by atoms with E-state index < -0.39 is 12.1 Å². The van der Waals surface area contributed by atoms with Gasteiger partial charge in [0, 0.05) is 6.42 Å². The van der Waals surface area contributed by atoms with Gasteiger partial charge in [-0.25, -0.2) is 0 Å². The number of nitrogens with one attached hydrogen (secondary N) is 1. The van der Waals surface area contributed by atoms with Crippen LogP contribution in [0.4, 0.5) is 0 Å². The average molecular weight is 622 g/mol. The number of allylic oxidation sites excluding steroid dienone is 2. The van der Waals surface area contributed by atoms with Crippen molar-refractivity contribution in [3.05, 3.63) is 12.2 Å². The Morgan fingerprint density at radius 3 is 1.25 bits per heavy atom. The van der Waals surface area contributed by atoms with Crippen LogP contribution >= 0.6 is 0 Å². The molecule has 0 spiro atoms. The molecule has 4 heteroatoms. The predicted octanol–water partition coefficient (Wildman–Crippen LogP) is 11.9. The fraction of sp³-hybridized carbons (Fsp3) is 0.925. The first-order valence-electron chi connectivity index (χ1n) is 19.9. The van der Waals surface area contributed by atoms with Crippen molar-refractivity contribution in [3.8, 4) is 0 Å². The number of rotatable bonds is 36. The minimum absolute atomic E-state index is 0.0323. The first kappa shape index (κ1) is 43.1. The number of aliphatic hydroxyl groups is 2. The van der Waals surface area contributed by atoms with Gasteiger partial charge in [-0.05, 0) is 38.5 Å². The van der Waals surface area contributed by atoms with Crippen molar-refractivity contribution < 1.29 is 15.0 Å². The molecule has 0 saturated carbocycles. The van der Waals surface area contributed by atoms with Crippen molar-refractivity contribution in [1.82, 2.24) is 5.32 Å². The van der Waals surface area contributed by atoms with Gasteiger partial charge in [-0.3, -0.25) is 4.79 Å². The summed E-state index contributed by atoms with van der Waals surface area (Å²) in [7, 11) is 0. The minimum Gasteiger partial charge on any atom is -0.394 e. The summed E-state index contributed by atoms with van der Waals surface area (Å²) in [5.74, 6) is -0.0323. The largest absolute Gasteiger partial charge is 0.394 e. The van der Waals surface area contributed by atoms with Crippen molar-refractivity contribution in [2.75, 3.05) is 6.61 Å². The number of aliphatic hydroxyl groups excluding tert-OH is 2. The summed E-state index contributed by atoms with van der Waals surface area (Å²) >= 11 is 0. The van der Waals surface area contributed by atoms with Gasteiger partial charge < -0.3 is 15.5 Å². The molecule has 0 radical (unpaired) electrons. The number of amides is 1. The van der Waals surface area contributed by atoms with E-state index in [9.17, 15) is 15.0 Å². The average Bonchev–Trinajstić information content (AvgIpc) is 3.03. The molecule has 0 aliphatic rings. The molecule has 3 N–H and O–H groups in total. The Morgan fingerprint density at radius 2 is 0.864 bits per heavy atom. The summed E-state index contributed by atoms with van der Waals surface area (Å²) in [4.78, 5) is 12.3. The summed E-state index contributed by atoms with van der Waals surface area (Å²) in [5.41, 5.74) is 0. The van der Waals surface area contributed by atoms with E-state index in [0.717, 1.165) is 25.7 Å². The highest BCUT2D eigenvalue weighted by molar-refractivity contribution is 5.76. The maximum Gasteiger partial charge on any atom is 0.220 e. The van der Waals surface area contributed by atoms with Gasteiger partial charge in [0.2, 0.25) is 5.91 Å². The third-order valence-corrected chi connectivity index (χ3v) is 9.28. The van der Waals surface area contributed by atoms with E-state index in [1.807, 2.05) is 0 Å². The number of hydrogen-bond acceptors (Lipinski definition) is 3. The van der Waals surface area contributed by atoms with Crippen LogP contribution in [0, 0.1) is 0 Å². The van der Waals surface area contributed by atoms with E-state index >= 15 is 0 Å². The minimum atomic E-state index is -0.652. The van der Waals surface area contributed by atoms with Crippen LogP contribution in [0.1, 0.15) is 219 Å². The van der Waals surface area contributed by atoms with E-state index in [-0.39, 0.29) is 12.5 Å². The summed E-state index contributed by atoms with van der Waals surface area (Å²) in [6.45, 7) is 4.34. The van der Waals surface area contributed by atoms with Gasteiger partial charge in [-0.1, -0.05) is 187 Å². The third-order valence-electron chi connectivity index (χ3n) is 9.28. The van der Waals surface area contributed by atoms with Gasteiger partial charge >= 0.3 is 0 Å². The van der Waals surface area contributed by atoms with Crippen molar-refractivity contribution in [2.45, 2.75) is 231 Å². The van der Waals surface area contributed by atoms with Crippen LogP contribution in [-0.4, -0.2) is 34.9 Å². The highest BCUT2D eigenvalue weighted by Crippen LogP contribution is 2.15. The van der Waals surface area contributed by atoms with Crippen LogP contribution in [0.5, 0.6) is 0 Å². The van der Waals surface area contributed by atoms with E-state index in [4.69, 9.17) is 0 Å². The second-order valence-electron chi connectivity index (χ2n) is 13.7. The molecule has 0 aromatic rings. The van der Waals surface area contributed by atoms with Crippen molar-refractivity contribution in [3.63, 3.8) is 0 Å². The Labute approximate surface area is 276 Å². The highest BCUT2D eigenvalue weighted by atomic mass is 16.3. The lowest BCUT2D eigenvalue weighted by Gasteiger charge is -2.22. The monoisotopic (exact) mass is 622 g/mol. The smallest absolute Gasteiger partial charge is 0.220 e. The highest BCUT2D eigenvalue weighted by Gasteiger charge is 2.19. The van der Waals surface area contributed by atoms with E-state index in [0.29, 0.717) is 12.8 Å². The zero-order valence-corrected chi connectivity index (χ0v) is 29.9. The van der Waals surface area contributed by atoms with Crippen molar-refractivity contribution in [2.24, 2.45) is 0 Å². The van der Waals surface area contributed by atoms with Crippen LogP contribution in [0.25, 0.3) is 0 Å². The van der Waals surface area contributed by atoms with E-state index in [2.05, 4.69) is 31.3 Å². The molecule has 44 heavy (non-hydrogen) atoms. The van der Waals surface area contributed by atoms with E-state index in [1.54, 1.807) is 0 Å². The molecule has 0 heterocycles. The Bertz CT molecular complexity index is 593. The first-order valence-corrected chi connectivity index (χ1v) is 19.9. The summed E-state index contributed by atoms with van der Waals surface area (Å²) in [6.07, 6.45) is 44.3. The second-order valence-corrected chi connectivity index (χ2v) is 13.7. The maximum absolute atomic E-state index is 12.3.